The van der Waals surface area contributed by atoms with Crippen LogP contribution in [0.5, 0.6) is 0 Å². The van der Waals surface area contributed by atoms with Crippen LogP contribution in [0.15, 0.2) is 60.7 Å². The van der Waals surface area contributed by atoms with E-state index in [-0.39, 0.29) is 0 Å². The average Bonchev–Trinajstić information content (AvgIpc) is 2.90. The van der Waals surface area contributed by atoms with Crippen LogP contribution in [0, 0.1) is 17.2 Å². The minimum atomic E-state index is -0.544. The number of hydrogen-bond donors (Lipinski definition) is 0. The molecule has 2 atom stereocenters. The molecule has 2 aromatic rings. The Morgan fingerprint density at radius 2 is 1.43 bits per heavy atom. The van der Waals surface area contributed by atoms with Crippen molar-refractivity contribution in [3.8, 4) is 6.07 Å². The van der Waals surface area contributed by atoms with Gasteiger partial charge < -0.3 is 4.48 Å². The second-order valence-corrected chi connectivity index (χ2v) is 9.25. The van der Waals surface area contributed by atoms with Crippen molar-refractivity contribution in [3.05, 3.63) is 71.8 Å². The molecule has 2 unspecified atom stereocenters. The van der Waals surface area contributed by atoms with E-state index >= 15 is 0 Å². The van der Waals surface area contributed by atoms with Crippen LogP contribution in [0.4, 0.5) is 0 Å². The number of hydrogen-bond acceptors (Lipinski definition) is 1. The number of nitriles is 1. The van der Waals surface area contributed by atoms with E-state index < -0.39 is 5.41 Å². The third kappa shape index (κ3) is 3.16. The van der Waals surface area contributed by atoms with E-state index in [1.807, 2.05) is 12.1 Å². The van der Waals surface area contributed by atoms with Crippen LogP contribution in [-0.2, 0) is 5.41 Å². The molecule has 2 heteroatoms. The largest absolute Gasteiger partial charge is 0.321 e. The van der Waals surface area contributed by atoms with E-state index in [0.717, 1.165) is 29.6 Å². The highest BCUT2D eigenvalue weighted by Gasteiger charge is 2.52. The zero-order valence-corrected chi connectivity index (χ0v) is 17.3. The first-order chi connectivity index (χ1) is 13.6. The molecule has 2 nitrogen and oxygen atoms in total. The van der Waals surface area contributed by atoms with Crippen LogP contribution in [0.25, 0.3) is 0 Å². The summed E-state index contributed by atoms with van der Waals surface area (Å²) in [5, 5.41) is 10.5. The standard InChI is InChI=1S/C26H33N2/c1-3-16-28(2)24-14-15-25(28)18-21(17-24)19-26(20-27,22-10-6-4-7-11-22)23-12-8-5-9-13-23/h4-13,21,24-25H,3,14-19H2,1-2H3/q+1. The molecule has 0 amide bonds. The zero-order valence-electron chi connectivity index (χ0n) is 17.3. The Morgan fingerprint density at radius 1 is 0.929 bits per heavy atom. The fraction of sp³-hybridized carbons (Fsp3) is 0.500. The maximum absolute atomic E-state index is 10.5. The summed E-state index contributed by atoms with van der Waals surface area (Å²) in [5.74, 6) is 0.626. The fourth-order valence-corrected chi connectivity index (χ4v) is 6.32. The third-order valence-electron chi connectivity index (χ3n) is 7.74. The summed E-state index contributed by atoms with van der Waals surface area (Å²) in [6, 6.07) is 25.3. The summed E-state index contributed by atoms with van der Waals surface area (Å²) in [7, 11) is 2.49. The smallest absolute Gasteiger partial charge is 0.107 e. The molecule has 0 aliphatic carbocycles. The van der Waals surface area contributed by atoms with E-state index in [9.17, 15) is 5.26 Å². The molecule has 0 aromatic heterocycles. The molecule has 2 bridgehead atoms. The molecule has 2 aliphatic rings. The van der Waals surface area contributed by atoms with Crippen molar-refractivity contribution < 1.29 is 4.48 Å². The van der Waals surface area contributed by atoms with Gasteiger partial charge >= 0.3 is 0 Å². The van der Waals surface area contributed by atoms with E-state index in [1.165, 1.54) is 43.1 Å². The average molecular weight is 374 g/mol. The summed E-state index contributed by atoms with van der Waals surface area (Å²) < 4.78 is 1.28. The van der Waals surface area contributed by atoms with Crippen LogP contribution in [0.3, 0.4) is 0 Å². The number of piperidine rings is 1. The monoisotopic (exact) mass is 373 g/mol. The summed E-state index contributed by atoms with van der Waals surface area (Å²) in [4.78, 5) is 0. The molecule has 28 heavy (non-hydrogen) atoms. The Labute approximate surface area is 170 Å². The summed E-state index contributed by atoms with van der Waals surface area (Å²) in [6.45, 7) is 3.63. The van der Waals surface area contributed by atoms with Gasteiger partial charge in [0.2, 0.25) is 0 Å². The molecule has 4 rings (SSSR count). The molecule has 146 valence electrons. The van der Waals surface area contributed by atoms with Crippen LogP contribution in [0.2, 0.25) is 0 Å². The van der Waals surface area contributed by atoms with Gasteiger partial charge in [-0.05, 0) is 29.9 Å². The van der Waals surface area contributed by atoms with Crippen molar-refractivity contribution in [2.24, 2.45) is 5.92 Å². The number of fused-ring (bicyclic) bond motifs is 2. The summed E-state index contributed by atoms with van der Waals surface area (Å²) in [6.07, 6.45) is 7.50. The Balaban J connectivity index is 1.66. The topological polar surface area (TPSA) is 23.8 Å². The molecular weight excluding hydrogens is 340 g/mol. The maximum atomic E-state index is 10.5. The molecule has 2 saturated heterocycles. The first-order valence-electron chi connectivity index (χ1n) is 11.0. The van der Waals surface area contributed by atoms with E-state index in [0.29, 0.717) is 5.92 Å². The Kier molecular flexibility index (Phi) is 5.30. The van der Waals surface area contributed by atoms with Crippen molar-refractivity contribution in [1.29, 1.82) is 5.26 Å². The fourth-order valence-electron chi connectivity index (χ4n) is 6.32. The van der Waals surface area contributed by atoms with Crippen molar-refractivity contribution in [2.75, 3.05) is 13.6 Å². The van der Waals surface area contributed by atoms with E-state index in [1.54, 1.807) is 0 Å². The zero-order chi connectivity index (χ0) is 19.6. The summed E-state index contributed by atoms with van der Waals surface area (Å²) in [5.41, 5.74) is 1.75. The highest BCUT2D eigenvalue weighted by atomic mass is 15.4. The van der Waals surface area contributed by atoms with Gasteiger partial charge in [-0.2, -0.15) is 5.26 Å². The molecule has 0 saturated carbocycles. The van der Waals surface area contributed by atoms with Gasteiger partial charge in [0.1, 0.15) is 5.41 Å². The first kappa shape index (κ1) is 19.2. The lowest BCUT2D eigenvalue weighted by Gasteiger charge is -2.48. The second-order valence-electron chi connectivity index (χ2n) is 9.25. The molecule has 2 heterocycles. The molecule has 0 radical (unpaired) electrons. The minimum absolute atomic E-state index is 0.544. The predicted octanol–water partition coefficient (Wildman–Crippen LogP) is 5.68. The van der Waals surface area contributed by atoms with Gasteiger partial charge in [0.15, 0.2) is 0 Å². The molecule has 2 aromatic carbocycles. The van der Waals surface area contributed by atoms with Gasteiger partial charge in [0.05, 0.1) is 31.7 Å². The number of nitrogens with zero attached hydrogens (tertiary/aromatic N) is 2. The lowest BCUT2D eigenvalue weighted by atomic mass is 9.67. The molecule has 0 spiro atoms. The maximum Gasteiger partial charge on any atom is 0.107 e. The van der Waals surface area contributed by atoms with Gasteiger partial charge in [-0.25, -0.2) is 0 Å². The van der Waals surface area contributed by atoms with Gasteiger partial charge in [0.25, 0.3) is 0 Å². The molecule has 2 fully saturated rings. The van der Waals surface area contributed by atoms with Crippen molar-refractivity contribution in [1.82, 2.24) is 0 Å². The van der Waals surface area contributed by atoms with Gasteiger partial charge in [-0.3, -0.25) is 0 Å². The molecule has 2 aliphatic heterocycles. The van der Waals surface area contributed by atoms with E-state index in [2.05, 4.69) is 68.6 Å². The van der Waals surface area contributed by atoms with Crippen LogP contribution in [0.1, 0.15) is 56.6 Å². The Morgan fingerprint density at radius 3 is 1.86 bits per heavy atom. The Hall–Kier alpha value is -2.11. The van der Waals surface area contributed by atoms with E-state index in [4.69, 9.17) is 0 Å². The quantitative estimate of drug-likeness (QED) is 0.597. The highest BCUT2D eigenvalue weighted by molar-refractivity contribution is 5.45. The van der Waals surface area contributed by atoms with Crippen molar-refractivity contribution in [3.63, 3.8) is 0 Å². The number of rotatable bonds is 6. The van der Waals surface area contributed by atoms with Crippen molar-refractivity contribution >= 4 is 0 Å². The first-order valence-corrected chi connectivity index (χ1v) is 11.0. The third-order valence-corrected chi connectivity index (χ3v) is 7.74. The molecule has 0 N–H and O–H groups in total. The second kappa shape index (κ2) is 7.72. The highest BCUT2D eigenvalue weighted by Crippen LogP contribution is 2.48. The summed E-state index contributed by atoms with van der Waals surface area (Å²) >= 11 is 0. The van der Waals surface area contributed by atoms with Gasteiger partial charge in [-0.15, -0.1) is 0 Å². The lowest BCUT2D eigenvalue weighted by molar-refractivity contribution is -0.949. The lowest BCUT2D eigenvalue weighted by Crippen LogP contribution is -2.58. The van der Waals surface area contributed by atoms with Crippen molar-refractivity contribution in [2.45, 2.75) is 62.9 Å². The van der Waals surface area contributed by atoms with Gasteiger partial charge in [-0.1, -0.05) is 67.6 Å². The SMILES string of the molecule is CCC[N+]1(C)C2CCC1CC(CC(C#N)(c1ccccc1)c1ccccc1)C2. The number of benzene rings is 2. The van der Waals surface area contributed by atoms with Crippen LogP contribution >= 0.6 is 0 Å². The normalized spacial score (nSPS) is 29.4. The van der Waals surface area contributed by atoms with Crippen LogP contribution < -0.4 is 0 Å². The van der Waals surface area contributed by atoms with Crippen LogP contribution in [-0.4, -0.2) is 30.2 Å². The minimum Gasteiger partial charge on any atom is -0.321 e. The number of quaternary nitrogens is 1. The predicted molar refractivity (Wildman–Crippen MR) is 115 cm³/mol. The molecular formula is C26H33N2+. The Bertz CT molecular complexity index is 767. The van der Waals surface area contributed by atoms with Gasteiger partial charge in [0, 0.05) is 25.7 Å².